The van der Waals surface area contributed by atoms with Crippen molar-refractivity contribution in [2.24, 2.45) is 0 Å². The van der Waals surface area contributed by atoms with Crippen LogP contribution in [0.5, 0.6) is 0 Å². The fourth-order valence-electron chi connectivity index (χ4n) is 3.62. The van der Waals surface area contributed by atoms with Crippen LogP contribution in [-0.2, 0) is 11.2 Å². The highest BCUT2D eigenvalue weighted by Crippen LogP contribution is 2.31. The van der Waals surface area contributed by atoms with Gasteiger partial charge in [-0.2, -0.15) is 0 Å². The van der Waals surface area contributed by atoms with E-state index in [4.69, 9.17) is 0 Å². The van der Waals surface area contributed by atoms with Crippen LogP contribution in [0, 0.1) is 19.7 Å². The van der Waals surface area contributed by atoms with Crippen LogP contribution in [0.4, 0.5) is 10.1 Å². The van der Waals surface area contributed by atoms with Crippen molar-refractivity contribution in [3.05, 3.63) is 82.9 Å². The Morgan fingerprint density at radius 3 is 2.39 bits per heavy atom. The molecule has 0 saturated carbocycles. The summed E-state index contributed by atoms with van der Waals surface area (Å²) in [5.41, 5.74) is 4.96. The van der Waals surface area contributed by atoms with Gasteiger partial charge in [0, 0.05) is 37.3 Å². The fraction of sp³-hybridized carbons (Fsp3) is 0.269. The molecule has 0 saturated heterocycles. The topological polar surface area (TPSA) is 50.3 Å². The predicted octanol–water partition coefficient (Wildman–Crippen LogP) is 5.69. The number of carbonyl (C=O) groups excluding carboxylic acids is 2. The summed E-state index contributed by atoms with van der Waals surface area (Å²) in [6.07, 6.45) is 3.12. The number of carbonyl (C=O) groups is 2. The molecule has 4 nitrogen and oxygen atoms in total. The van der Waals surface area contributed by atoms with E-state index in [1.165, 1.54) is 4.90 Å². The molecule has 1 heterocycles. The predicted molar refractivity (Wildman–Crippen MR) is 122 cm³/mol. The first-order chi connectivity index (χ1) is 14.8. The number of anilines is 1. The number of nitrogens with zero attached hydrogens (tertiary/aromatic N) is 2. The van der Waals surface area contributed by atoms with E-state index >= 15 is 0 Å². The van der Waals surface area contributed by atoms with Gasteiger partial charge in [-0.15, -0.1) is 0 Å². The molecule has 0 N–H and O–H groups in total. The van der Waals surface area contributed by atoms with Gasteiger partial charge in [-0.05, 0) is 54.7 Å². The maximum Gasteiger partial charge on any atom is 0.226 e. The lowest BCUT2D eigenvalue weighted by Crippen LogP contribution is -2.26. The molecular weight excluding hydrogens is 391 g/mol. The summed E-state index contributed by atoms with van der Waals surface area (Å²) in [4.78, 5) is 30.1. The second-order valence-electron chi connectivity index (χ2n) is 7.63. The molecule has 0 aliphatic rings. The monoisotopic (exact) mass is 418 g/mol. The van der Waals surface area contributed by atoms with Gasteiger partial charge in [0.2, 0.25) is 5.91 Å². The SMILES string of the molecule is CCC(=O)N(C)c1ccc(-c2ccc(C(=O)CCc3cccnc3C)cc2)c(C)c1F. The van der Waals surface area contributed by atoms with Gasteiger partial charge < -0.3 is 4.90 Å². The number of rotatable bonds is 7. The highest BCUT2D eigenvalue weighted by Gasteiger charge is 2.17. The number of ketones is 1. The molecule has 1 amide bonds. The third-order valence-electron chi connectivity index (χ3n) is 5.66. The van der Waals surface area contributed by atoms with Crippen molar-refractivity contribution >= 4 is 17.4 Å². The number of Topliss-reactive ketones (excluding diaryl/α,β-unsaturated/α-hetero) is 1. The minimum atomic E-state index is -0.409. The number of amides is 1. The van der Waals surface area contributed by atoms with Crippen LogP contribution in [0.1, 0.15) is 46.9 Å². The molecule has 160 valence electrons. The molecule has 0 unspecified atom stereocenters. The van der Waals surface area contributed by atoms with E-state index in [0.717, 1.165) is 22.4 Å². The first-order valence-electron chi connectivity index (χ1n) is 10.4. The summed E-state index contributed by atoms with van der Waals surface area (Å²) in [7, 11) is 1.58. The largest absolute Gasteiger partial charge is 0.313 e. The third kappa shape index (κ3) is 4.88. The van der Waals surface area contributed by atoms with Gasteiger partial charge in [0.15, 0.2) is 5.78 Å². The van der Waals surface area contributed by atoms with E-state index in [1.807, 2.05) is 37.3 Å². The summed E-state index contributed by atoms with van der Waals surface area (Å²) in [5, 5.41) is 0. The lowest BCUT2D eigenvalue weighted by molar-refractivity contribution is -0.118. The maximum atomic E-state index is 14.9. The molecule has 0 aliphatic heterocycles. The minimum Gasteiger partial charge on any atom is -0.313 e. The average Bonchev–Trinajstić information content (AvgIpc) is 2.79. The van der Waals surface area contributed by atoms with Crippen molar-refractivity contribution < 1.29 is 14.0 Å². The fourth-order valence-corrected chi connectivity index (χ4v) is 3.62. The summed E-state index contributed by atoms with van der Waals surface area (Å²) in [5.74, 6) is -0.489. The summed E-state index contributed by atoms with van der Waals surface area (Å²) in [6.45, 7) is 5.39. The molecule has 0 spiro atoms. The quantitative estimate of drug-likeness (QED) is 0.463. The number of pyridine rings is 1. The third-order valence-corrected chi connectivity index (χ3v) is 5.66. The molecular formula is C26H27FN2O2. The molecule has 0 bridgehead atoms. The first-order valence-corrected chi connectivity index (χ1v) is 10.4. The van der Waals surface area contributed by atoms with Crippen LogP contribution in [0.15, 0.2) is 54.7 Å². The molecule has 31 heavy (non-hydrogen) atoms. The smallest absolute Gasteiger partial charge is 0.226 e. The van der Waals surface area contributed by atoms with Crippen LogP contribution in [0.2, 0.25) is 0 Å². The van der Waals surface area contributed by atoms with Crippen LogP contribution in [-0.4, -0.2) is 23.7 Å². The Kier molecular flexibility index (Phi) is 6.95. The standard InChI is InChI=1S/C26H27FN2O2/c1-5-25(31)29(4)23-14-13-22(17(2)26(23)27)20-8-10-21(11-9-20)24(30)15-12-19-7-6-16-28-18(19)3/h6-11,13-14,16H,5,12,15H2,1-4H3. The van der Waals surface area contributed by atoms with E-state index in [-0.39, 0.29) is 17.4 Å². The highest BCUT2D eigenvalue weighted by atomic mass is 19.1. The second kappa shape index (κ2) is 9.65. The van der Waals surface area contributed by atoms with E-state index in [1.54, 1.807) is 45.3 Å². The Balaban J connectivity index is 1.76. The Morgan fingerprint density at radius 2 is 1.74 bits per heavy atom. The lowest BCUT2D eigenvalue weighted by atomic mass is 9.96. The number of hydrogen-bond donors (Lipinski definition) is 0. The minimum absolute atomic E-state index is 0.0627. The van der Waals surface area contributed by atoms with Gasteiger partial charge >= 0.3 is 0 Å². The highest BCUT2D eigenvalue weighted by molar-refractivity contribution is 5.97. The zero-order valence-electron chi connectivity index (χ0n) is 18.4. The van der Waals surface area contributed by atoms with E-state index in [0.29, 0.717) is 30.4 Å². The van der Waals surface area contributed by atoms with Crippen LogP contribution in [0.25, 0.3) is 11.1 Å². The van der Waals surface area contributed by atoms with Gasteiger partial charge in [-0.1, -0.05) is 43.3 Å². The van der Waals surface area contributed by atoms with Crippen molar-refractivity contribution in [2.45, 2.75) is 40.0 Å². The number of aromatic nitrogens is 1. The van der Waals surface area contributed by atoms with Gasteiger partial charge in [-0.25, -0.2) is 4.39 Å². The first kappa shape index (κ1) is 22.3. The molecule has 0 fully saturated rings. The number of benzene rings is 2. The van der Waals surface area contributed by atoms with Crippen molar-refractivity contribution in [1.82, 2.24) is 4.98 Å². The normalized spacial score (nSPS) is 10.7. The van der Waals surface area contributed by atoms with Crippen LogP contribution < -0.4 is 4.90 Å². The van der Waals surface area contributed by atoms with E-state index < -0.39 is 5.82 Å². The van der Waals surface area contributed by atoms with Gasteiger partial charge in [0.05, 0.1) is 5.69 Å². The molecule has 1 aromatic heterocycles. The van der Waals surface area contributed by atoms with Gasteiger partial charge in [0.1, 0.15) is 5.82 Å². The zero-order chi connectivity index (χ0) is 22.5. The van der Waals surface area contributed by atoms with Crippen molar-refractivity contribution in [3.63, 3.8) is 0 Å². The molecule has 5 heteroatoms. The molecule has 3 aromatic rings. The Bertz CT molecular complexity index is 1110. The van der Waals surface area contributed by atoms with Gasteiger partial charge in [0.25, 0.3) is 0 Å². The summed E-state index contributed by atoms with van der Waals surface area (Å²) < 4.78 is 14.9. The molecule has 0 aliphatic carbocycles. The molecule has 0 atom stereocenters. The molecule has 0 radical (unpaired) electrons. The Morgan fingerprint density at radius 1 is 1.03 bits per heavy atom. The Hall–Kier alpha value is -3.34. The molecule has 2 aromatic carbocycles. The van der Waals surface area contributed by atoms with Crippen molar-refractivity contribution in [2.75, 3.05) is 11.9 Å². The molecule has 3 rings (SSSR count). The van der Waals surface area contributed by atoms with E-state index in [9.17, 15) is 14.0 Å². The summed E-state index contributed by atoms with van der Waals surface area (Å²) in [6, 6.07) is 14.6. The average molecular weight is 419 g/mol. The zero-order valence-corrected chi connectivity index (χ0v) is 18.4. The van der Waals surface area contributed by atoms with E-state index in [2.05, 4.69) is 4.98 Å². The van der Waals surface area contributed by atoms with Gasteiger partial charge in [-0.3, -0.25) is 14.6 Å². The summed E-state index contributed by atoms with van der Waals surface area (Å²) >= 11 is 0. The number of hydrogen-bond acceptors (Lipinski definition) is 3. The van der Waals surface area contributed by atoms with Crippen molar-refractivity contribution in [1.29, 1.82) is 0 Å². The number of aryl methyl sites for hydroxylation is 2. The second-order valence-corrected chi connectivity index (χ2v) is 7.63. The van der Waals surface area contributed by atoms with Crippen LogP contribution in [0.3, 0.4) is 0 Å². The Labute approximate surface area is 182 Å². The maximum absolute atomic E-state index is 14.9. The van der Waals surface area contributed by atoms with Crippen molar-refractivity contribution in [3.8, 4) is 11.1 Å². The lowest BCUT2D eigenvalue weighted by Gasteiger charge is -2.19. The van der Waals surface area contributed by atoms with Crippen LogP contribution >= 0.6 is 0 Å². The number of halogens is 1.